The van der Waals surface area contributed by atoms with Crippen LogP contribution in [0.5, 0.6) is 5.75 Å². The average molecular weight is 388 g/mol. The molecule has 5 nitrogen and oxygen atoms in total. The SMILES string of the molecule is Cc1c(NCc2cc(Br)ccc2O)c(=O)n(-c2ccccc2)n1C. The van der Waals surface area contributed by atoms with E-state index in [9.17, 15) is 9.90 Å². The van der Waals surface area contributed by atoms with Crippen molar-refractivity contribution in [1.29, 1.82) is 0 Å². The van der Waals surface area contributed by atoms with E-state index in [2.05, 4.69) is 21.2 Å². The fourth-order valence-corrected chi connectivity index (χ4v) is 3.06. The Hall–Kier alpha value is -2.47. The van der Waals surface area contributed by atoms with Gasteiger partial charge in [0.2, 0.25) is 0 Å². The first-order chi connectivity index (χ1) is 11.5. The molecule has 0 atom stereocenters. The molecule has 1 heterocycles. The number of hydrogen-bond donors (Lipinski definition) is 2. The second-order valence-electron chi connectivity index (χ2n) is 5.56. The molecule has 0 aliphatic carbocycles. The number of para-hydroxylation sites is 1. The largest absolute Gasteiger partial charge is 0.508 e. The zero-order valence-electron chi connectivity index (χ0n) is 13.5. The molecule has 2 aromatic carbocycles. The van der Waals surface area contributed by atoms with Gasteiger partial charge in [-0.3, -0.25) is 9.48 Å². The standard InChI is InChI=1S/C18H18BrN3O2/c1-12-17(20-11-13-10-14(19)8-9-16(13)23)18(24)22(21(12)2)15-6-4-3-5-7-15/h3-10,20,23H,11H2,1-2H3. The lowest BCUT2D eigenvalue weighted by Crippen LogP contribution is -2.21. The Labute approximate surface area is 148 Å². The molecule has 0 fully saturated rings. The van der Waals surface area contributed by atoms with Crippen molar-refractivity contribution in [3.8, 4) is 11.4 Å². The second-order valence-corrected chi connectivity index (χ2v) is 6.48. The average Bonchev–Trinajstić information content (AvgIpc) is 2.79. The van der Waals surface area contributed by atoms with E-state index >= 15 is 0 Å². The van der Waals surface area contributed by atoms with Crippen LogP contribution in [0.1, 0.15) is 11.3 Å². The number of anilines is 1. The van der Waals surface area contributed by atoms with E-state index in [1.165, 1.54) is 0 Å². The van der Waals surface area contributed by atoms with E-state index in [1.807, 2.05) is 55.1 Å². The first-order valence-corrected chi connectivity index (χ1v) is 8.33. The molecular weight excluding hydrogens is 370 g/mol. The molecule has 0 aliphatic rings. The number of hydrogen-bond acceptors (Lipinski definition) is 3. The summed E-state index contributed by atoms with van der Waals surface area (Å²) < 4.78 is 4.32. The summed E-state index contributed by atoms with van der Waals surface area (Å²) in [4.78, 5) is 12.8. The van der Waals surface area contributed by atoms with Gasteiger partial charge in [-0.05, 0) is 37.3 Å². The molecule has 0 unspecified atom stereocenters. The Morgan fingerprint density at radius 3 is 2.58 bits per heavy atom. The maximum Gasteiger partial charge on any atom is 0.295 e. The maximum atomic E-state index is 12.8. The summed E-state index contributed by atoms with van der Waals surface area (Å²) in [6, 6.07) is 14.7. The zero-order chi connectivity index (χ0) is 17.3. The number of nitrogens with one attached hydrogen (secondary N) is 1. The van der Waals surface area contributed by atoms with Crippen molar-refractivity contribution in [2.24, 2.45) is 7.05 Å². The fourth-order valence-electron chi connectivity index (χ4n) is 2.65. The summed E-state index contributed by atoms with van der Waals surface area (Å²) in [5, 5.41) is 13.1. The second kappa shape index (κ2) is 6.57. The highest BCUT2D eigenvalue weighted by atomic mass is 79.9. The molecule has 3 rings (SSSR count). The number of nitrogens with zero attached hydrogens (tertiary/aromatic N) is 2. The van der Waals surface area contributed by atoms with E-state index in [0.29, 0.717) is 12.2 Å². The van der Waals surface area contributed by atoms with Crippen LogP contribution in [0.4, 0.5) is 5.69 Å². The van der Waals surface area contributed by atoms with Crippen LogP contribution in [0.2, 0.25) is 0 Å². The maximum absolute atomic E-state index is 12.8. The Balaban J connectivity index is 1.95. The van der Waals surface area contributed by atoms with Gasteiger partial charge in [0, 0.05) is 23.6 Å². The fraction of sp³-hybridized carbons (Fsp3) is 0.167. The summed E-state index contributed by atoms with van der Waals surface area (Å²) in [5.74, 6) is 0.197. The van der Waals surface area contributed by atoms with Gasteiger partial charge >= 0.3 is 0 Å². The summed E-state index contributed by atoms with van der Waals surface area (Å²) in [5.41, 5.74) is 2.78. The van der Waals surface area contributed by atoms with Crippen LogP contribution >= 0.6 is 15.9 Å². The van der Waals surface area contributed by atoms with Gasteiger partial charge in [-0.25, -0.2) is 4.68 Å². The predicted octanol–water partition coefficient (Wildman–Crippen LogP) is 3.56. The molecule has 0 radical (unpaired) electrons. The van der Waals surface area contributed by atoms with Crippen molar-refractivity contribution in [2.75, 3.05) is 5.32 Å². The topological polar surface area (TPSA) is 59.2 Å². The van der Waals surface area contributed by atoms with Gasteiger partial charge in [-0.2, -0.15) is 0 Å². The van der Waals surface area contributed by atoms with Crippen LogP contribution in [0.25, 0.3) is 5.69 Å². The Morgan fingerprint density at radius 2 is 1.88 bits per heavy atom. The van der Waals surface area contributed by atoms with Crippen LogP contribution in [0.15, 0.2) is 57.8 Å². The first-order valence-electron chi connectivity index (χ1n) is 7.54. The number of phenolic OH excluding ortho intramolecular Hbond substituents is 1. The highest BCUT2D eigenvalue weighted by Crippen LogP contribution is 2.23. The molecule has 0 spiro atoms. The number of halogens is 1. The Morgan fingerprint density at radius 1 is 1.17 bits per heavy atom. The monoisotopic (exact) mass is 387 g/mol. The lowest BCUT2D eigenvalue weighted by atomic mass is 10.2. The Bertz CT molecular complexity index is 929. The van der Waals surface area contributed by atoms with Crippen LogP contribution in [-0.2, 0) is 13.6 Å². The summed E-state index contributed by atoms with van der Waals surface area (Å²) in [7, 11) is 1.85. The van der Waals surface area contributed by atoms with Crippen molar-refractivity contribution in [2.45, 2.75) is 13.5 Å². The van der Waals surface area contributed by atoms with Crippen molar-refractivity contribution in [1.82, 2.24) is 9.36 Å². The number of rotatable bonds is 4. The number of phenols is 1. The minimum Gasteiger partial charge on any atom is -0.508 e. The third kappa shape index (κ3) is 2.97. The van der Waals surface area contributed by atoms with E-state index in [1.54, 1.807) is 16.8 Å². The highest BCUT2D eigenvalue weighted by molar-refractivity contribution is 9.10. The van der Waals surface area contributed by atoms with Gasteiger partial charge in [0.05, 0.1) is 11.4 Å². The van der Waals surface area contributed by atoms with Gasteiger partial charge in [-0.15, -0.1) is 0 Å². The molecule has 0 saturated heterocycles. The number of aromatic hydroxyl groups is 1. The normalized spacial score (nSPS) is 10.8. The molecule has 24 heavy (non-hydrogen) atoms. The summed E-state index contributed by atoms with van der Waals surface area (Å²) in [6.45, 7) is 2.25. The van der Waals surface area contributed by atoms with E-state index < -0.39 is 0 Å². The van der Waals surface area contributed by atoms with E-state index in [-0.39, 0.29) is 11.3 Å². The van der Waals surface area contributed by atoms with Crippen LogP contribution in [0, 0.1) is 6.92 Å². The molecule has 6 heteroatoms. The summed E-state index contributed by atoms with van der Waals surface area (Å²) in [6.07, 6.45) is 0. The van der Waals surface area contributed by atoms with Crippen molar-refractivity contribution >= 4 is 21.6 Å². The predicted molar refractivity (Wildman–Crippen MR) is 98.9 cm³/mol. The number of benzene rings is 2. The quantitative estimate of drug-likeness (QED) is 0.719. The molecule has 2 N–H and O–H groups in total. The van der Waals surface area contributed by atoms with Crippen LogP contribution in [-0.4, -0.2) is 14.5 Å². The van der Waals surface area contributed by atoms with E-state index in [4.69, 9.17) is 0 Å². The molecule has 0 saturated carbocycles. The smallest absolute Gasteiger partial charge is 0.295 e. The lowest BCUT2D eigenvalue weighted by Gasteiger charge is -2.08. The van der Waals surface area contributed by atoms with Gasteiger partial charge in [0.15, 0.2) is 0 Å². The minimum absolute atomic E-state index is 0.115. The third-order valence-electron chi connectivity index (χ3n) is 4.05. The third-order valence-corrected chi connectivity index (χ3v) is 4.54. The van der Waals surface area contributed by atoms with Gasteiger partial charge in [0.25, 0.3) is 5.56 Å². The molecule has 1 aromatic heterocycles. The molecule has 3 aromatic rings. The van der Waals surface area contributed by atoms with E-state index in [0.717, 1.165) is 21.4 Å². The molecule has 0 bridgehead atoms. The zero-order valence-corrected chi connectivity index (χ0v) is 15.0. The van der Waals surface area contributed by atoms with Crippen molar-refractivity contribution in [3.05, 3.63) is 74.6 Å². The molecule has 124 valence electrons. The van der Waals surface area contributed by atoms with Gasteiger partial charge in [0.1, 0.15) is 11.4 Å². The van der Waals surface area contributed by atoms with Gasteiger partial charge in [-0.1, -0.05) is 34.1 Å². The van der Waals surface area contributed by atoms with Gasteiger partial charge < -0.3 is 10.4 Å². The van der Waals surface area contributed by atoms with Crippen molar-refractivity contribution in [3.63, 3.8) is 0 Å². The Kier molecular flexibility index (Phi) is 4.49. The molecular formula is C18H18BrN3O2. The summed E-state index contributed by atoms with van der Waals surface area (Å²) >= 11 is 3.39. The minimum atomic E-state index is -0.115. The van der Waals surface area contributed by atoms with Crippen LogP contribution < -0.4 is 10.9 Å². The first kappa shape index (κ1) is 16.4. The molecule has 0 amide bonds. The van der Waals surface area contributed by atoms with Crippen LogP contribution in [0.3, 0.4) is 0 Å². The molecule has 0 aliphatic heterocycles. The number of aromatic nitrogens is 2. The highest BCUT2D eigenvalue weighted by Gasteiger charge is 2.16. The van der Waals surface area contributed by atoms with Crippen molar-refractivity contribution < 1.29 is 5.11 Å². The lowest BCUT2D eigenvalue weighted by molar-refractivity contribution is 0.469.